The number of nitrogens with two attached hydrogens (primary N) is 1. The molecule has 0 saturated heterocycles. The van der Waals surface area contributed by atoms with Crippen LogP contribution in [0.3, 0.4) is 0 Å². The summed E-state index contributed by atoms with van der Waals surface area (Å²) in [6.45, 7) is 1.68. The van der Waals surface area contributed by atoms with Crippen molar-refractivity contribution >= 4 is 11.7 Å². The molecule has 1 aromatic carbocycles. The maximum absolute atomic E-state index is 13.3. The molecule has 0 heterocycles. The van der Waals surface area contributed by atoms with Crippen molar-refractivity contribution in [1.29, 1.82) is 0 Å². The zero-order chi connectivity index (χ0) is 12.1. The van der Waals surface area contributed by atoms with Gasteiger partial charge in [0.25, 0.3) is 0 Å². The van der Waals surface area contributed by atoms with Gasteiger partial charge < -0.3 is 15.6 Å². The van der Waals surface area contributed by atoms with Gasteiger partial charge in [-0.2, -0.15) is 0 Å². The lowest BCUT2D eigenvalue weighted by Gasteiger charge is -2.09. The van der Waals surface area contributed by atoms with Crippen molar-refractivity contribution in [2.45, 2.75) is 6.92 Å². The number of ether oxygens (including phenoxy) is 1. The molecular formula is C11H14FNO3. The van der Waals surface area contributed by atoms with Gasteiger partial charge in [0.2, 0.25) is 0 Å². The maximum atomic E-state index is 13.3. The summed E-state index contributed by atoms with van der Waals surface area (Å²) in [4.78, 5) is 11.4. The SMILES string of the molecule is CC(CO)COC(=O)c1ccc(N)cc1F. The number of anilines is 1. The molecule has 0 amide bonds. The third kappa shape index (κ3) is 3.20. The van der Waals surface area contributed by atoms with Crippen molar-refractivity contribution in [2.75, 3.05) is 18.9 Å². The van der Waals surface area contributed by atoms with E-state index in [4.69, 9.17) is 15.6 Å². The molecule has 0 bridgehead atoms. The number of carbonyl (C=O) groups is 1. The number of carbonyl (C=O) groups excluding carboxylic acids is 1. The van der Waals surface area contributed by atoms with E-state index in [1.165, 1.54) is 12.1 Å². The van der Waals surface area contributed by atoms with Gasteiger partial charge in [0.05, 0.1) is 12.2 Å². The first kappa shape index (κ1) is 12.4. The Morgan fingerprint density at radius 1 is 1.62 bits per heavy atom. The summed E-state index contributed by atoms with van der Waals surface area (Å²) in [5.74, 6) is -1.62. The van der Waals surface area contributed by atoms with Crippen LogP contribution in [0.2, 0.25) is 0 Å². The van der Waals surface area contributed by atoms with Crippen LogP contribution in [-0.2, 0) is 4.74 Å². The number of hydrogen-bond donors (Lipinski definition) is 2. The van der Waals surface area contributed by atoms with Crippen LogP contribution >= 0.6 is 0 Å². The molecule has 88 valence electrons. The molecule has 3 N–H and O–H groups in total. The third-order valence-electron chi connectivity index (χ3n) is 2.02. The van der Waals surface area contributed by atoms with Gasteiger partial charge in [0, 0.05) is 18.2 Å². The van der Waals surface area contributed by atoms with E-state index in [0.717, 1.165) is 6.07 Å². The second-order valence-corrected chi connectivity index (χ2v) is 3.63. The second-order valence-electron chi connectivity index (χ2n) is 3.63. The van der Waals surface area contributed by atoms with Gasteiger partial charge in [0.15, 0.2) is 0 Å². The predicted molar refractivity (Wildman–Crippen MR) is 57.3 cm³/mol. The summed E-state index contributed by atoms with van der Waals surface area (Å²) in [5.41, 5.74) is 5.44. The van der Waals surface area contributed by atoms with Crippen LogP contribution in [0.5, 0.6) is 0 Å². The van der Waals surface area contributed by atoms with Gasteiger partial charge in [-0.1, -0.05) is 6.92 Å². The molecule has 1 atom stereocenters. The fourth-order valence-electron chi connectivity index (χ4n) is 1.05. The first-order valence-electron chi connectivity index (χ1n) is 4.87. The molecule has 1 unspecified atom stereocenters. The monoisotopic (exact) mass is 227 g/mol. The Morgan fingerprint density at radius 2 is 2.31 bits per heavy atom. The van der Waals surface area contributed by atoms with Gasteiger partial charge in [-0.15, -0.1) is 0 Å². The minimum atomic E-state index is -0.752. The summed E-state index contributed by atoms with van der Waals surface area (Å²) in [7, 11) is 0. The lowest BCUT2D eigenvalue weighted by molar-refractivity contribution is 0.0400. The number of hydrogen-bond acceptors (Lipinski definition) is 4. The van der Waals surface area contributed by atoms with Crippen molar-refractivity contribution in [2.24, 2.45) is 5.92 Å². The van der Waals surface area contributed by atoms with E-state index in [0.29, 0.717) is 0 Å². The normalized spacial score (nSPS) is 12.2. The highest BCUT2D eigenvalue weighted by Gasteiger charge is 2.14. The first-order valence-corrected chi connectivity index (χ1v) is 4.87. The molecule has 1 rings (SSSR count). The molecule has 0 aliphatic carbocycles. The Labute approximate surface area is 92.8 Å². The van der Waals surface area contributed by atoms with Crippen molar-refractivity contribution in [1.82, 2.24) is 0 Å². The van der Waals surface area contributed by atoms with Crippen LogP contribution in [0.1, 0.15) is 17.3 Å². The molecule has 0 aliphatic rings. The molecule has 16 heavy (non-hydrogen) atoms. The van der Waals surface area contributed by atoms with Crippen LogP contribution in [0.4, 0.5) is 10.1 Å². The summed E-state index contributed by atoms with van der Waals surface area (Å²) < 4.78 is 18.1. The largest absolute Gasteiger partial charge is 0.462 e. The molecule has 0 spiro atoms. The fourth-order valence-corrected chi connectivity index (χ4v) is 1.05. The van der Waals surface area contributed by atoms with Crippen molar-refractivity contribution in [3.05, 3.63) is 29.6 Å². The highest BCUT2D eigenvalue weighted by Crippen LogP contribution is 2.13. The van der Waals surface area contributed by atoms with Crippen LogP contribution in [-0.4, -0.2) is 24.3 Å². The molecule has 0 saturated carbocycles. The Hall–Kier alpha value is -1.62. The Bertz CT molecular complexity index is 381. The van der Waals surface area contributed by atoms with Crippen molar-refractivity contribution in [3.8, 4) is 0 Å². The van der Waals surface area contributed by atoms with Crippen LogP contribution in [0.25, 0.3) is 0 Å². The summed E-state index contributed by atoms with van der Waals surface area (Å²) in [6.07, 6.45) is 0. The molecule has 0 fully saturated rings. The minimum Gasteiger partial charge on any atom is -0.462 e. The Kier molecular flexibility index (Phi) is 4.25. The standard InChI is InChI=1S/C11H14FNO3/c1-7(5-14)6-16-11(15)9-3-2-8(13)4-10(9)12/h2-4,7,14H,5-6,13H2,1H3. The number of benzene rings is 1. The van der Waals surface area contributed by atoms with E-state index < -0.39 is 11.8 Å². The van der Waals surface area contributed by atoms with Crippen molar-refractivity contribution in [3.63, 3.8) is 0 Å². The van der Waals surface area contributed by atoms with E-state index >= 15 is 0 Å². The van der Waals surface area contributed by atoms with Crippen molar-refractivity contribution < 1.29 is 19.0 Å². The summed E-state index contributed by atoms with van der Waals surface area (Å²) in [5, 5.41) is 8.73. The minimum absolute atomic E-state index is 0.0547. The number of aliphatic hydroxyl groups excluding tert-OH is 1. The van der Waals surface area contributed by atoms with E-state index in [9.17, 15) is 9.18 Å². The lowest BCUT2D eigenvalue weighted by atomic mass is 10.2. The Morgan fingerprint density at radius 3 is 2.88 bits per heavy atom. The molecule has 0 radical (unpaired) electrons. The quantitative estimate of drug-likeness (QED) is 0.598. The van der Waals surface area contributed by atoms with Crippen LogP contribution < -0.4 is 5.73 Å². The summed E-state index contributed by atoms with van der Waals surface area (Å²) >= 11 is 0. The third-order valence-corrected chi connectivity index (χ3v) is 2.02. The molecule has 4 nitrogen and oxygen atoms in total. The van der Waals surface area contributed by atoms with E-state index in [2.05, 4.69) is 0 Å². The molecule has 0 aliphatic heterocycles. The Balaban J connectivity index is 2.66. The predicted octanol–water partition coefficient (Wildman–Crippen LogP) is 1.19. The molecule has 5 heteroatoms. The zero-order valence-electron chi connectivity index (χ0n) is 8.94. The van der Waals surface area contributed by atoms with E-state index in [1.54, 1.807) is 6.92 Å². The molecular weight excluding hydrogens is 213 g/mol. The smallest absolute Gasteiger partial charge is 0.341 e. The van der Waals surface area contributed by atoms with Crippen LogP contribution in [0, 0.1) is 11.7 Å². The van der Waals surface area contributed by atoms with E-state index in [1.807, 2.05) is 0 Å². The highest BCUT2D eigenvalue weighted by molar-refractivity contribution is 5.90. The lowest BCUT2D eigenvalue weighted by Crippen LogP contribution is -2.15. The fraction of sp³-hybridized carbons (Fsp3) is 0.364. The molecule has 1 aromatic rings. The van der Waals surface area contributed by atoms with Gasteiger partial charge in [0.1, 0.15) is 5.82 Å². The second kappa shape index (κ2) is 5.46. The maximum Gasteiger partial charge on any atom is 0.341 e. The van der Waals surface area contributed by atoms with E-state index in [-0.39, 0.29) is 30.4 Å². The van der Waals surface area contributed by atoms with Gasteiger partial charge >= 0.3 is 5.97 Å². The first-order chi connectivity index (χ1) is 7.54. The highest BCUT2D eigenvalue weighted by atomic mass is 19.1. The number of aliphatic hydroxyl groups is 1. The van der Waals surface area contributed by atoms with Gasteiger partial charge in [-0.25, -0.2) is 9.18 Å². The van der Waals surface area contributed by atoms with Gasteiger partial charge in [-0.05, 0) is 18.2 Å². The average molecular weight is 227 g/mol. The average Bonchev–Trinajstić information content (AvgIpc) is 2.25. The zero-order valence-corrected chi connectivity index (χ0v) is 8.94. The molecule has 0 aromatic heterocycles. The summed E-state index contributed by atoms with van der Waals surface area (Å²) in [6, 6.07) is 3.76. The topological polar surface area (TPSA) is 72.5 Å². The number of rotatable bonds is 4. The van der Waals surface area contributed by atoms with Crippen LogP contribution in [0.15, 0.2) is 18.2 Å². The number of nitrogen functional groups attached to an aromatic ring is 1. The number of halogens is 1. The number of esters is 1. The van der Waals surface area contributed by atoms with Gasteiger partial charge in [-0.3, -0.25) is 0 Å².